The van der Waals surface area contributed by atoms with Gasteiger partial charge < -0.3 is 19.5 Å². The van der Waals surface area contributed by atoms with Gasteiger partial charge in [-0.2, -0.15) is 0 Å². The summed E-state index contributed by atoms with van der Waals surface area (Å²) in [6.45, 7) is 2.46. The Hall–Kier alpha value is -2.73. The van der Waals surface area contributed by atoms with Crippen LogP contribution in [-0.2, 0) is 11.3 Å². The van der Waals surface area contributed by atoms with Gasteiger partial charge in [-0.05, 0) is 43.8 Å². The van der Waals surface area contributed by atoms with Gasteiger partial charge in [0.15, 0.2) is 11.5 Å². The van der Waals surface area contributed by atoms with Crippen LogP contribution in [0.15, 0.2) is 42.5 Å². The third kappa shape index (κ3) is 4.67. The number of methoxy groups -OCH3 is 3. The van der Waals surface area contributed by atoms with Crippen LogP contribution in [0.4, 0.5) is 5.69 Å². The number of para-hydroxylation sites is 2. The van der Waals surface area contributed by atoms with Crippen LogP contribution in [-0.4, -0.2) is 45.2 Å². The zero-order valence-corrected chi connectivity index (χ0v) is 15.9. The largest absolute Gasteiger partial charge is 0.495 e. The van der Waals surface area contributed by atoms with Crippen molar-refractivity contribution in [2.75, 3.05) is 33.7 Å². The van der Waals surface area contributed by atoms with Crippen molar-refractivity contribution < 1.29 is 19.0 Å². The second-order valence-corrected chi connectivity index (χ2v) is 5.97. The van der Waals surface area contributed by atoms with Crippen LogP contribution in [0.3, 0.4) is 0 Å². The summed E-state index contributed by atoms with van der Waals surface area (Å²) in [6, 6.07) is 12.8. The molecule has 0 fully saturated rings. The lowest BCUT2D eigenvalue weighted by molar-refractivity contribution is -0.120. The maximum atomic E-state index is 12.6. The summed E-state index contributed by atoms with van der Waals surface area (Å²) < 4.78 is 15.9. The van der Waals surface area contributed by atoms with Gasteiger partial charge in [-0.1, -0.05) is 18.2 Å². The minimum atomic E-state index is -0.326. The summed E-state index contributed by atoms with van der Waals surface area (Å²) in [6.07, 6.45) is 0. The highest BCUT2D eigenvalue weighted by atomic mass is 16.5. The maximum absolute atomic E-state index is 12.6. The summed E-state index contributed by atoms with van der Waals surface area (Å²) in [5, 5.41) is 2.92. The summed E-state index contributed by atoms with van der Waals surface area (Å²) in [5.41, 5.74) is 1.69. The van der Waals surface area contributed by atoms with E-state index in [9.17, 15) is 4.79 Å². The molecule has 140 valence electrons. The molecular formula is C20H26N2O4. The first-order valence-electron chi connectivity index (χ1n) is 8.35. The molecule has 0 radical (unpaired) electrons. The number of hydrogen-bond donors (Lipinski definition) is 1. The van der Waals surface area contributed by atoms with E-state index in [-0.39, 0.29) is 11.9 Å². The van der Waals surface area contributed by atoms with E-state index >= 15 is 0 Å². The topological polar surface area (TPSA) is 60.0 Å². The molecule has 0 spiro atoms. The Bertz CT molecular complexity index is 748. The molecule has 1 N–H and O–H groups in total. The second kappa shape index (κ2) is 9.10. The third-order valence-corrected chi connectivity index (χ3v) is 4.29. The Morgan fingerprint density at radius 1 is 1.00 bits per heavy atom. The first-order chi connectivity index (χ1) is 12.5. The van der Waals surface area contributed by atoms with Gasteiger partial charge in [0.05, 0.1) is 33.1 Å². The van der Waals surface area contributed by atoms with Crippen LogP contribution in [0, 0.1) is 0 Å². The highest BCUT2D eigenvalue weighted by Crippen LogP contribution is 2.28. The van der Waals surface area contributed by atoms with Gasteiger partial charge in [0.25, 0.3) is 0 Å². The molecule has 6 heteroatoms. The van der Waals surface area contributed by atoms with Crippen molar-refractivity contribution in [2.24, 2.45) is 0 Å². The quantitative estimate of drug-likeness (QED) is 0.785. The number of hydrogen-bond acceptors (Lipinski definition) is 5. The number of rotatable bonds is 8. The molecule has 0 saturated heterocycles. The zero-order chi connectivity index (χ0) is 19.1. The van der Waals surface area contributed by atoms with Crippen LogP contribution >= 0.6 is 0 Å². The summed E-state index contributed by atoms with van der Waals surface area (Å²) in [5.74, 6) is 1.89. The molecule has 0 saturated carbocycles. The summed E-state index contributed by atoms with van der Waals surface area (Å²) in [4.78, 5) is 14.5. The van der Waals surface area contributed by atoms with Gasteiger partial charge in [-0.25, -0.2) is 0 Å². The molecule has 0 aliphatic heterocycles. The Kier molecular flexibility index (Phi) is 6.86. The first-order valence-corrected chi connectivity index (χ1v) is 8.35. The van der Waals surface area contributed by atoms with E-state index < -0.39 is 0 Å². The molecule has 1 atom stereocenters. The zero-order valence-electron chi connectivity index (χ0n) is 15.9. The summed E-state index contributed by atoms with van der Waals surface area (Å²) >= 11 is 0. The Morgan fingerprint density at radius 3 is 2.31 bits per heavy atom. The normalized spacial score (nSPS) is 11.8. The van der Waals surface area contributed by atoms with E-state index in [4.69, 9.17) is 14.2 Å². The number of benzene rings is 2. The lowest BCUT2D eigenvalue weighted by Gasteiger charge is -2.24. The summed E-state index contributed by atoms with van der Waals surface area (Å²) in [7, 11) is 6.70. The van der Waals surface area contributed by atoms with Crippen molar-refractivity contribution in [1.82, 2.24) is 4.90 Å². The maximum Gasteiger partial charge on any atom is 0.241 e. The number of carbonyl (C=O) groups excluding carboxylic acids is 1. The van der Waals surface area contributed by atoms with Crippen LogP contribution in [0.1, 0.15) is 12.5 Å². The van der Waals surface area contributed by atoms with E-state index in [0.29, 0.717) is 29.5 Å². The second-order valence-electron chi connectivity index (χ2n) is 5.97. The monoisotopic (exact) mass is 358 g/mol. The number of anilines is 1. The van der Waals surface area contributed by atoms with Crippen molar-refractivity contribution in [3.05, 3.63) is 48.0 Å². The molecular weight excluding hydrogens is 332 g/mol. The molecule has 0 unspecified atom stereocenters. The first kappa shape index (κ1) is 19.6. The molecule has 0 aliphatic rings. The van der Waals surface area contributed by atoms with Gasteiger partial charge in [0.1, 0.15) is 5.75 Å². The number of carbonyl (C=O) groups is 1. The number of likely N-dealkylation sites (N-methyl/N-ethyl adjacent to an activating group) is 1. The highest BCUT2D eigenvalue weighted by Gasteiger charge is 2.20. The Labute approximate surface area is 154 Å². The minimum Gasteiger partial charge on any atom is -0.495 e. The van der Waals surface area contributed by atoms with Crippen molar-refractivity contribution in [1.29, 1.82) is 0 Å². The fraction of sp³-hybridized carbons (Fsp3) is 0.350. The van der Waals surface area contributed by atoms with E-state index in [2.05, 4.69) is 5.32 Å². The Morgan fingerprint density at radius 2 is 1.65 bits per heavy atom. The standard InChI is InChI=1S/C20H26N2O4/c1-14(20(23)21-16-8-6-7-9-17(16)24-3)22(2)13-15-10-11-18(25-4)19(12-15)26-5/h6-12,14H,13H2,1-5H3,(H,21,23)/t14-/m1/s1. The predicted octanol–water partition coefficient (Wildman–Crippen LogP) is 3.17. The number of nitrogens with zero attached hydrogens (tertiary/aromatic N) is 1. The Balaban J connectivity index is 2.04. The molecule has 2 rings (SSSR count). The van der Waals surface area contributed by atoms with Gasteiger partial charge in [-0.3, -0.25) is 9.69 Å². The molecule has 0 bridgehead atoms. The van der Waals surface area contributed by atoms with Crippen LogP contribution in [0.25, 0.3) is 0 Å². The smallest absolute Gasteiger partial charge is 0.241 e. The average Bonchev–Trinajstić information content (AvgIpc) is 2.67. The SMILES string of the molecule is COc1ccccc1NC(=O)[C@@H](C)N(C)Cc1ccc(OC)c(OC)c1. The molecule has 1 amide bonds. The highest BCUT2D eigenvalue weighted by molar-refractivity contribution is 5.95. The average molecular weight is 358 g/mol. The fourth-order valence-electron chi connectivity index (χ4n) is 2.59. The van der Waals surface area contributed by atoms with Gasteiger partial charge in [0.2, 0.25) is 5.91 Å². The van der Waals surface area contributed by atoms with Crippen molar-refractivity contribution >= 4 is 11.6 Å². The minimum absolute atomic E-state index is 0.0996. The lowest BCUT2D eigenvalue weighted by Crippen LogP contribution is -2.39. The number of ether oxygens (including phenoxy) is 3. The molecule has 26 heavy (non-hydrogen) atoms. The third-order valence-electron chi connectivity index (χ3n) is 4.29. The molecule has 0 aromatic heterocycles. The van der Waals surface area contributed by atoms with E-state index in [1.165, 1.54) is 0 Å². The lowest BCUT2D eigenvalue weighted by atomic mass is 10.1. The molecule has 2 aromatic rings. The van der Waals surface area contributed by atoms with Crippen molar-refractivity contribution in [3.63, 3.8) is 0 Å². The van der Waals surface area contributed by atoms with E-state index in [1.807, 2.05) is 61.3 Å². The van der Waals surface area contributed by atoms with E-state index in [1.54, 1.807) is 21.3 Å². The van der Waals surface area contributed by atoms with Crippen LogP contribution in [0.2, 0.25) is 0 Å². The number of amides is 1. The van der Waals surface area contributed by atoms with Crippen LogP contribution < -0.4 is 19.5 Å². The van der Waals surface area contributed by atoms with Gasteiger partial charge in [-0.15, -0.1) is 0 Å². The molecule has 0 heterocycles. The van der Waals surface area contributed by atoms with Crippen molar-refractivity contribution in [2.45, 2.75) is 19.5 Å². The van der Waals surface area contributed by atoms with Gasteiger partial charge in [0, 0.05) is 6.54 Å². The number of nitrogens with one attached hydrogen (secondary N) is 1. The van der Waals surface area contributed by atoms with Gasteiger partial charge >= 0.3 is 0 Å². The van der Waals surface area contributed by atoms with Crippen LogP contribution in [0.5, 0.6) is 17.2 Å². The van der Waals surface area contributed by atoms with Crippen molar-refractivity contribution in [3.8, 4) is 17.2 Å². The predicted molar refractivity (Wildman–Crippen MR) is 102 cm³/mol. The van der Waals surface area contributed by atoms with E-state index in [0.717, 1.165) is 5.56 Å². The fourth-order valence-corrected chi connectivity index (χ4v) is 2.59. The molecule has 2 aromatic carbocycles. The molecule has 0 aliphatic carbocycles. The molecule has 6 nitrogen and oxygen atoms in total.